The number of nitrogens with zero attached hydrogens (tertiary/aromatic N) is 1. The smallest absolute Gasteiger partial charge is 0.251 e. The molecule has 4 rings (SSSR count). The molecule has 1 N–H and O–H groups in total. The van der Waals surface area contributed by atoms with Crippen molar-refractivity contribution < 1.29 is 31.9 Å². The normalized spacial score (nSPS) is 14.7. The highest BCUT2D eigenvalue weighted by Crippen LogP contribution is 2.42. The molecule has 11 heteroatoms. The topological polar surface area (TPSA) is 58.6 Å². The lowest BCUT2D eigenvalue weighted by Crippen LogP contribution is -2.39. The molecule has 0 aromatic heterocycles. The summed E-state index contributed by atoms with van der Waals surface area (Å²) in [6, 6.07) is 8.37. The van der Waals surface area contributed by atoms with Gasteiger partial charge in [0.15, 0.2) is 0 Å². The summed E-state index contributed by atoms with van der Waals surface area (Å²) < 4.78 is 61.8. The number of anilines is 1. The Bertz CT molecular complexity index is 1430. The third-order valence-corrected chi connectivity index (χ3v) is 8.23. The Labute approximate surface area is 245 Å². The van der Waals surface area contributed by atoms with Crippen LogP contribution in [0, 0.1) is 23.3 Å². The van der Waals surface area contributed by atoms with E-state index in [9.17, 15) is 27.2 Å². The molecule has 3 aromatic carbocycles. The van der Waals surface area contributed by atoms with E-state index < -0.39 is 46.5 Å². The summed E-state index contributed by atoms with van der Waals surface area (Å²) in [6.07, 6.45) is 4.03. The Hall–Kier alpha value is -3.24. The number of thioether (sulfide) groups is 1. The quantitative estimate of drug-likeness (QED) is 0.178. The first-order valence-electron chi connectivity index (χ1n) is 13.2. The van der Waals surface area contributed by atoms with Gasteiger partial charge in [0.25, 0.3) is 5.91 Å². The Balaban J connectivity index is 1.53. The summed E-state index contributed by atoms with van der Waals surface area (Å²) in [6.45, 7) is 3.61. The molecule has 2 amide bonds. The fraction of sp³-hybridized carbons (Fsp3) is 0.333. The van der Waals surface area contributed by atoms with Gasteiger partial charge in [0, 0.05) is 40.3 Å². The van der Waals surface area contributed by atoms with Crippen molar-refractivity contribution >= 4 is 40.9 Å². The summed E-state index contributed by atoms with van der Waals surface area (Å²) in [7, 11) is 0. The number of nitrogens with one attached hydrogen (secondary N) is 1. The highest BCUT2D eigenvalue weighted by Gasteiger charge is 2.33. The largest absolute Gasteiger partial charge is 0.492 e. The van der Waals surface area contributed by atoms with Gasteiger partial charge in [-0.25, -0.2) is 17.6 Å². The summed E-state index contributed by atoms with van der Waals surface area (Å²) >= 11 is 7.76. The van der Waals surface area contributed by atoms with Crippen molar-refractivity contribution in [1.82, 2.24) is 5.32 Å². The SMILES string of the molecule is CCCCCCOc1ccc(F)c(CN2C(=O)C(C)Sc3cc(C(=O)NCc4c(F)cc(F)cc4F)ccc32)c1Cl. The number of rotatable bonds is 11. The average Bonchev–Trinajstić information content (AvgIpc) is 2.92. The third-order valence-electron chi connectivity index (χ3n) is 6.68. The van der Waals surface area contributed by atoms with Gasteiger partial charge >= 0.3 is 0 Å². The molecular formula is C30H29ClF4N2O3S. The van der Waals surface area contributed by atoms with Crippen molar-refractivity contribution in [2.75, 3.05) is 11.5 Å². The van der Waals surface area contributed by atoms with Gasteiger partial charge in [0.1, 0.15) is 29.0 Å². The molecule has 0 fully saturated rings. The second kappa shape index (κ2) is 13.6. The number of halogens is 5. The second-order valence-electron chi connectivity index (χ2n) is 9.64. The zero-order valence-electron chi connectivity index (χ0n) is 22.5. The van der Waals surface area contributed by atoms with Gasteiger partial charge in [0.05, 0.1) is 29.1 Å². The molecule has 1 unspecified atom stereocenters. The van der Waals surface area contributed by atoms with Gasteiger partial charge in [-0.15, -0.1) is 11.8 Å². The van der Waals surface area contributed by atoms with E-state index in [1.165, 1.54) is 34.9 Å². The Morgan fingerprint density at radius 2 is 1.73 bits per heavy atom. The molecule has 1 atom stereocenters. The summed E-state index contributed by atoms with van der Waals surface area (Å²) in [5.41, 5.74) is 0.292. The van der Waals surface area contributed by atoms with E-state index in [2.05, 4.69) is 12.2 Å². The van der Waals surface area contributed by atoms with Crippen LogP contribution in [0.1, 0.15) is 61.0 Å². The van der Waals surface area contributed by atoms with Crippen LogP contribution in [-0.4, -0.2) is 23.7 Å². The number of fused-ring (bicyclic) bond motifs is 1. The minimum atomic E-state index is -1.11. The first kappa shape index (κ1) is 30.7. The molecule has 3 aromatic rings. The fourth-order valence-electron chi connectivity index (χ4n) is 4.43. The van der Waals surface area contributed by atoms with Crippen molar-refractivity contribution in [2.45, 2.75) is 62.8 Å². The van der Waals surface area contributed by atoms with Crippen LogP contribution < -0.4 is 15.0 Å². The number of ether oxygens (including phenoxy) is 1. The first-order valence-corrected chi connectivity index (χ1v) is 14.5. The molecule has 0 saturated heterocycles. The van der Waals surface area contributed by atoms with Crippen LogP contribution in [0.5, 0.6) is 5.75 Å². The van der Waals surface area contributed by atoms with Crippen LogP contribution in [-0.2, 0) is 17.9 Å². The molecule has 41 heavy (non-hydrogen) atoms. The van der Waals surface area contributed by atoms with Crippen molar-refractivity contribution in [2.24, 2.45) is 0 Å². The van der Waals surface area contributed by atoms with Gasteiger partial charge < -0.3 is 15.0 Å². The first-order chi connectivity index (χ1) is 19.6. The van der Waals surface area contributed by atoms with Gasteiger partial charge in [-0.2, -0.15) is 0 Å². The molecule has 0 radical (unpaired) electrons. The van der Waals surface area contributed by atoms with Crippen LogP contribution >= 0.6 is 23.4 Å². The molecule has 1 aliphatic heterocycles. The minimum Gasteiger partial charge on any atom is -0.492 e. The number of carbonyl (C=O) groups excluding carboxylic acids is 2. The van der Waals surface area contributed by atoms with Crippen molar-refractivity contribution in [3.8, 4) is 5.75 Å². The average molecular weight is 609 g/mol. The van der Waals surface area contributed by atoms with Crippen molar-refractivity contribution in [3.05, 3.63) is 87.4 Å². The highest BCUT2D eigenvalue weighted by atomic mass is 35.5. The fourth-order valence-corrected chi connectivity index (χ4v) is 5.80. The number of hydrogen-bond donors (Lipinski definition) is 1. The predicted octanol–water partition coefficient (Wildman–Crippen LogP) is 7.81. The van der Waals surface area contributed by atoms with Crippen LogP contribution in [0.15, 0.2) is 47.4 Å². The Morgan fingerprint density at radius 1 is 1.00 bits per heavy atom. The van der Waals surface area contributed by atoms with Crippen molar-refractivity contribution in [3.63, 3.8) is 0 Å². The van der Waals surface area contributed by atoms with Crippen LogP contribution in [0.3, 0.4) is 0 Å². The van der Waals surface area contributed by atoms with Crippen LogP contribution in [0.4, 0.5) is 23.2 Å². The molecule has 0 bridgehead atoms. The number of amides is 2. The number of hydrogen-bond acceptors (Lipinski definition) is 4. The number of unbranched alkanes of at least 4 members (excludes halogenated alkanes) is 3. The molecule has 1 aliphatic rings. The molecule has 0 spiro atoms. The van der Waals surface area contributed by atoms with E-state index >= 15 is 0 Å². The molecular weight excluding hydrogens is 580 g/mol. The lowest BCUT2D eigenvalue weighted by molar-refractivity contribution is -0.118. The maximum absolute atomic E-state index is 14.9. The molecule has 0 saturated carbocycles. The lowest BCUT2D eigenvalue weighted by atomic mass is 10.1. The molecule has 218 valence electrons. The zero-order chi connectivity index (χ0) is 29.7. The van der Waals surface area contributed by atoms with E-state index in [0.717, 1.165) is 25.7 Å². The maximum Gasteiger partial charge on any atom is 0.251 e. The lowest BCUT2D eigenvalue weighted by Gasteiger charge is -2.33. The van der Waals surface area contributed by atoms with E-state index in [-0.39, 0.29) is 28.6 Å². The summed E-state index contributed by atoms with van der Waals surface area (Å²) in [5.74, 6) is -4.39. The highest BCUT2D eigenvalue weighted by molar-refractivity contribution is 8.01. The number of benzene rings is 3. The van der Waals surface area contributed by atoms with E-state index in [4.69, 9.17) is 16.3 Å². The zero-order valence-corrected chi connectivity index (χ0v) is 24.1. The molecule has 0 aliphatic carbocycles. The van der Waals surface area contributed by atoms with Gasteiger partial charge in [-0.3, -0.25) is 9.59 Å². The van der Waals surface area contributed by atoms with E-state index in [1.54, 1.807) is 19.1 Å². The van der Waals surface area contributed by atoms with Gasteiger partial charge in [0.2, 0.25) is 5.91 Å². The summed E-state index contributed by atoms with van der Waals surface area (Å²) in [4.78, 5) is 28.0. The number of carbonyl (C=O) groups is 2. The van der Waals surface area contributed by atoms with Crippen LogP contribution in [0.2, 0.25) is 5.02 Å². The second-order valence-corrected chi connectivity index (χ2v) is 11.4. The maximum atomic E-state index is 14.9. The van der Waals surface area contributed by atoms with E-state index in [0.29, 0.717) is 35.1 Å². The third kappa shape index (κ3) is 7.16. The van der Waals surface area contributed by atoms with Crippen LogP contribution in [0.25, 0.3) is 0 Å². The molecule has 1 heterocycles. The Kier molecular flexibility index (Phi) is 10.2. The van der Waals surface area contributed by atoms with Gasteiger partial charge in [-0.1, -0.05) is 37.8 Å². The monoisotopic (exact) mass is 608 g/mol. The molecule has 5 nitrogen and oxygen atoms in total. The van der Waals surface area contributed by atoms with Gasteiger partial charge in [-0.05, 0) is 43.7 Å². The van der Waals surface area contributed by atoms with E-state index in [1.807, 2.05) is 0 Å². The summed E-state index contributed by atoms with van der Waals surface area (Å²) in [5, 5.41) is 1.99. The standard InChI is InChI=1S/C30H29ClF4N2O3S/c1-3-4-5-6-11-40-26-10-8-22(33)21(28(26)31)16-37-25-9-7-18(12-27(25)41-17(2)30(37)39)29(38)36-15-20-23(34)13-19(32)14-24(20)35/h7-10,12-14,17H,3-6,11,15-16H2,1-2H3,(H,36,38). The predicted molar refractivity (Wildman–Crippen MR) is 151 cm³/mol. The minimum absolute atomic E-state index is 0.0944. The van der Waals surface area contributed by atoms with Crippen molar-refractivity contribution in [1.29, 1.82) is 0 Å². The Morgan fingerprint density at radius 3 is 2.44 bits per heavy atom.